The van der Waals surface area contributed by atoms with Gasteiger partial charge in [0.05, 0.1) is 18.8 Å². The van der Waals surface area contributed by atoms with Gasteiger partial charge >= 0.3 is 0 Å². The molecular formula is C13H22N2O2. The van der Waals surface area contributed by atoms with Crippen LogP contribution in [0.5, 0.6) is 0 Å². The van der Waals surface area contributed by atoms with Crippen LogP contribution in [0, 0.1) is 5.92 Å². The first-order chi connectivity index (χ1) is 8.30. The first-order valence-corrected chi connectivity index (χ1v) is 6.92. The Kier molecular flexibility index (Phi) is 3.09. The molecule has 1 unspecified atom stereocenters. The second-order valence-corrected chi connectivity index (χ2v) is 5.73. The Hall–Kier alpha value is -0.610. The second kappa shape index (κ2) is 4.58. The molecule has 3 rings (SSSR count). The smallest absolute Gasteiger partial charge is 0.243 e. The second-order valence-electron chi connectivity index (χ2n) is 5.73. The van der Waals surface area contributed by atoms with E-state index in [1.165, 1.54) is 19.3 Å². The number of hydrogen-bond acceptors (Lipinski definition) is 3. The molecule has 96 valence electrons. The van der Waals surface area contributed by atoms with Crippen LogP contribution in [0.3, 0.4) is 0 Å². The minimum absolute atomic E-state index is 0.185. The third-order valence-electron chi connectivity index (χ3n) is 4.50. The molecule has 1 spiro atoms. The normalized spacial score (nSPS) is 32.6. The Morgan fingerprint density at radius 2 is 2.18 bits per heavy atom. The number of amides is 1. The predicted octanol–water partition coefficient (Wildman–Crippen LogP) is 1.12. The first-order valence-electron chi connectivity index (χ1n) is 6.92. The third-order valence-corrected chi connectivity index (χ3v) is 4.50. The zero-order valence-corrected chi connectivity index (χ0v) is 10.4. The highest BCUT2D eigenvalue weighted by Gasteiger charge is 2.48. The number of carbonyl (C=O) groups is 1. The van der Waals surface area contributed by atoms with Crippen molar-refractivity contribution >= 4 is 5.91 Å². The molecule has 0 aromatic rings. The first kappa shape index (κ1) is 11.5. The fourth-order valence-electron chi connectivity index (χ4n) is 3.48. The van der Waals surface area contributed by atoms with E-state index in [0.717, 1.165) is 45.7 Å². The average molecular weight is 238 g/mol. The minimum Gasteiger partial charge on any atom is -0.381 e. The lowest BCUT2D eigenvalue weighted by Crippen LogP contribution is -2.44. The molecule has 4 heteroatoms. The number of carbonyl (C=O) groups excluding carboxylic acids is 1. The molecular weight excluding hydrogens is 216 g/mol. The number of hydrogen-bond donors (Lipinski definition) is 1. The van der Waals surface area contributed by atoms with Gasteiger partial charge in [-0.3, -0.25) is 10.1 Å². The van der Waals surface area contributed by atoms with Crippen molar-refractivity contribution in [3.8, 4) is 0 Å². The van der Waals surface area contributed by atoms with E-state index in [2.05, 4.69) is 5.32 Å². The third kappa shape index (κ3) is 2.08. The molecule has 1 aliphatic carbocycles. The fourth-order valence-corrected chi connectivity index (χ4v) is 3.48. The van der Waals surface area contributed by atoms with Crippen LogP contribution in [0.25, 0.3) is 0 Å². The summed E-state index contributed by atoms with van der Waals surface area (Å²) in [4.78, 5) is 14.4. The Morgan fingerprint density at radius 1 is 1.35 bits per heavy atom. The Morgan fingerprint density at radius 3 is 2.88 bits per heavy atom. The van der Waals surface area contributed by atoms with Crippen molar-refractivity contribution in [2.24, 2.45) is 5.92 Å². The van der Waals surface area contributed by atoms with Crippen LogP contribution in [0.15, 0.2) is 0 Å². The monoisotopic (exact) mass is 238 g/mol. The van der Waals surface area contributed by atoms with Crippen molar-refractivity contribution in [1.82, 2.24) is 10.2 Å². The molecule has 1 saturated carbocycles. The molecule has 1 N–H and O–H groups in total. The standard InChI is InChI=1S/C13H22N2O2/c16-12-13(5-1-2-6-13)14-10-15(12)8-11-4-3-7-17-9-11/h11,14H,1-10H2. The van der Waals surface area contributed by atoms with Gasteiger partial charge in [-0.05, 0) is 25.7 Å². The quantitative estimate of drug-likeness (QED) is 0.783. The zero-order chi connectivity index (χ0) is 11.7. The van der Waals surface area contributed by atoms with E-state index in [4.69, 9.17) is 4.74 Å². The van der Waals surface area contributed by atoms with Crippen molar-refractivity contribution in [2.75, 3.05) is 26.4 Å². The largest absolute Gasteiger partial charge is 0.381 e. The average Bonchev–Trinajstić information content (AvgIpc) is 2.95. The summed E-state index contributed by atoms with van der Waals surface area (Å²) in [5.74, 6) is 0.895. The van der Waals surface area contributed by atoms with Gasteiger partial charge in [0.25, 0.3) is 0 Å². The van der Waals surface area contributed by atoms with E-state index in [-0.39, 0.29) is 5.54 Å². The van der Waals surface area contributed by atoms with Crippen LogP contribution in [0.2, 0.25) is 0 Å². The molecule has 0 aromatic heterocycles. The molecule has 17 heavy (non-hydrogen) atoms. The summed E-state index contributed by atoms with van der Waals surface area (Å²) in [6.07, 6.45) is 6.80. The topological polar surface area (TPSA) is 41.6 Å². The molecule has 2 heterocycles. The molecule has 0 aromatic carbocycles. The van der Waals surface area contributed by atoms with Gasteiger partial charge in [0, 0.05) is 19.1 Å². The summed E-state index contributed by atoms with van der Waals surface area (Å²) in [5.41, 5.74) is -0.185. The van der Waals surface area contributed by atoms with Gasteiger partial charge in [-0.2, -0.15) is 0 Å². The van der Waals surface area contributed by atoms with Gasteiger partial charge in [-0.25, -0.2) is 0 Å². The van der Waals surface area contributed by atoms with E-state index in [0.29, 0.717) is 11.8 Å². The molecule has 0 radical (unpaired) electrons. The van der Waals surface area contributed by atoms with Crippen molar-refractivity contribution in [3.63, 3.8) is 0 Å². The molecule has 4 nitrogen and oxygen atoms in total. The summed E-state index contributed by atoms with van der Waals surface area (Å²) in [6.45, 7) is 3.35. The van der Waals surface area contributed by atoms with Gasteiger partial charge in [0.2, 0.25) is 5.91 Å². The highest BCUT2D eigenvalue weighted by Crippen LogP contribution is 2.34. The van der Waals surface area contributed by atoms with E-state index in [9.17, 15) is 4.79 Å². The van der Waals surface area contributed by atoms with E-state index < -0.39 is 0 Å². The summed E-state index contributed by atoms with van der Waals surface area (Å²) in [6, 6.07) is 0. The SMILES string of the molecule is O=C1N(CC2CCCOC2)CNC12CCCC2. The van der Waals surface area contributed by atoms with Crippen LogP contribution in [-0.2, 0) is 9.53 Å². The molecule has 2 saturated heterocycles. The van der Waals surface area contributed by atoms with E-state index >= 15 is 0 Å². The molecule has 1 amide bonds. The predicted molar refractivity (Wildman–Crippen MR) is 64.5 cm³/mol. The number of nitrogens with zero attached hydrogens (tertiary/aromatic N) is 1. The lowest BCUT2D eigenvalue weighted by Gasteiger charge is -2.27. The zero-order valence-electron chi connectivity index (χ0n) is 10.4. The number of nitrogens with one attached hydrogen (secondary N) is 1. The maximum Gasteiger partial charge on any atom is 0.243 e. The summed E-state index contributed by atoms with van der Waals surface area (Å²) >= 11 is 0. The molecule has 0 bridgehead atoms. The Labute approximate surface area is 103 Å². The van der Waals surface area contributed by atoms with E-state index in [1.807, 2.05) is 4.90 Å². The van der Waals surface area contributed by atoms with Crippen molar-refractivity contribution in [3.05, 3.63) is 0 Å². The Bertz CT molecular complexity index is 294. The summed E-state index contributed by atoms with van der Waals surface area (Å²) in [7, 11) is 0. The highest BCUT2D eigenvalue weighted by molar-refractivity contribution is 5.88. The maximum atomic E-state index is 12.4. The van der Waals surface area contributed by atoms with Crippen LogP contribution in [0.4, 0.5) is 0 Å². The molecule has 1 atom stereocenters. The Balaban J connectivity index is 1.59. The lowest BCUT2D eigenvalue weighted by molar-refractivity contribution is -0.133. The van der Waals surface area contributed by atoms with Gasteiger partial charge in [0.1, 0.15) is 0 Å². The van der Waals surface area contributed by atoms with Crippen LogP contribution in [-0.4, -0.2) is 42.8 Å². The van der Waals surface area contributed by atoms with Gasteiger partial charge in [-0.1, -0.05) is 12.8 Å². The van der Waals surface area contributed by atoms with E-state index in [1.54, 1.807) is 0 Å². The fraction of sp³-hybridized carbons (Fsp3) is 0.923. The van der Waals surface area contributed by atoms with Crippen LogP contribution >= 0.6 is 0 Å². The number of rotatable bonds is 2. The lowest BCUT2D eigenvalue weighted by atomic mass is 9.97. The molecule has 2 aliphatic heterocycles. The van der Waals surface area contributed by atoms with Gasteiger partial charge in [0.15, 0.2) is 0 Å². The minimum atomic E-state index is -0.185. The number of ether oxygens (including phenoxy) is 1. The summed E-state index contributed by atoms with van der Waals surface area (Å²) < 4.78 is 5.49. The van der Waals surface area contributed by atoms with Crippen molar-refractivity contribution in [1.29, 1.82) is 0 Å². The maximum absolute atomic E-state index is 12.4. The molecule has 3 fully saturated rings. The molecule has 3 aliphatic rings. The van der Waals surface area contributed by atoms with Crippen LogP contribution in [0.1, 0.15) is 38.5 Å². The van der Waals surface area contributed by atoms with Crippen molar-refractivity contribution in [2.45, 2.75) is 44.1 Å². The van der Waals surface area contributed by atoms with Gasteiger partial charge in [-0.15, -0.1) is 0 Å². The van der Waals surface area contributed by atoms with Crippen LogP contribution < -0.4 is 5.32 Å². The summed E-state index contributed by atoms with van der Waals surface area (Å²) in [5, 5.41) is 3.46. The van der Waals surface area contributed by atoms with Crippen molar-refractivity contribution < 1.29 is 9.53 Å². The van der Waals surface area contributed by atoms with Gasteiger partial charge < -0.3 is 9.64 Å². The highest BCUT2D eigenvalue weighted by atomic mass is 16.5.